The number of fused-ring (bicyclic) bond motifs is 1. The molecule has 1 unspecified atom stereocenters. The fraction of sp³-hybridized carbons (Fsp3) is 0.500. The molecule has 1 heterocycles. The van der Waals surface area contributed by atoms with Gasteiger partial charge in [-0.05, 0) is 30.5 Å². The topological polar surface area (TPSA) is 75.3 Å². The van der Waals surface area contributed by atoms with Gasteiger partial charge in [0.05, 0.1) is 16.6 Å². The Kier molecular flexibility index (Phi) is 4.63. The Balaban J connectivity index is 2.50. The SMILES string of the molecule is CC(CCO)Cn1c(C(C)C)nc2cc(C(=O)O)ccc21. The molecule has 0 amide bonds. The first-order valence-electron chi connectivity index (χ1n) is 7.28. The normalized spacial score (nSPS) is 13.0. The average Bonchev–Trinajstić information content (AvgIpc) is 2.77. The fourth-order valence-electron chi connectivity index (χ4n) is 2.54. The van der Waals surface area contributed by atoms with E-state index in [1.165, 1.54) is 0 Å². The number of nitrogens with zero attached hydrogens (tertiary/aromatic N) is 2. The third-order valence-corrected chi connectivity index (χ3v) is 3.66. The summed E-state index contributed by atoms with van der Waals surface area (Å²) in [6.07, 6.45) is 0.740. The molecular formula is C16H22N2O3. The van der Waals surface area contributed by atoms with Gasteiger partial charge in [-0.15, -0.1) is 0 Å². The minimum absolute atomic E-state index is 0.175. The Morgan fingerprint density at radius 3 is 2.62 bits per heavy atom. The van der Waals surface area contributed by atoms with Crippen molar-refractivity contribution in [2.75, 3.05) is 6.61 Å². The number of benzene rings is 1. The summed E-state index contributed by atoms with van der Waals surface area (Å²) in [5.41, 5.74) is 1.93. The van der Waals surface area contributed by atoms with E-state index in [4.69, 9.17) is 10.2 Å². The second-order valence-electron chi connectivity index (χ2n) is 5.86. The number of aliphatic hydroxyl groups excluding tert-OH is 1. The van der Waals surface area contributed by atoms with Crippen LogP contribution in [0.1, 0.15) is 49.3 Å². The van der Waals surface area contributed by atoms with Gasteiger partial charge in [-0.1, -0.05) is 20.8 Å². The molecule has 0 aliphatic carbocycles. The smallest absolute Gasteiger partial charge is 0.335 e. The molecule has 1 atom stereocenters. The Labute approximate surface area is 124 Å². The van der Waals surface area contributed by atoms with Crippen LogP contribution in [-0.2, 0) is 6.54 Å². The van der Waals surface area contributed by atoms with E-state index in [0.29, 0.717) is 5.92 Å². The number of aromatic nitrogens is 2. The first-order chi connectivity index (χ1) is 9.93. The van der Waals surface area contributed by atoms with Crippen LogP contribution in [0.4, 0.5) is 0 Å². The van der Waals surface area contributed by atoms with Crippen LogP contribution in [0.15, 0.2) is 18.2 Å². The predicted octanol–water partition coefficient (Wildman–Crippen LogP) is 2.88. The summed E-state index contributed by atoms with van der Waals surface area (Å²) in [5.74, 6) is 0.611. The van der Waals surface area contributed by atoms with Crippen molar-refractivity contribution < 1.29 is 15.0 Å². The summed E-state index contributed by atoms with van der Waals surface area (Å²) in [7, 11) is 0. The van der Waals surface area contributed by atoms with Gasteiger partial charge in [0.1, 0.15) is 5.82 Å². The first kappa shape index (κ1) is 15.5. The van der Waals surface area contributed by atoms with Crippen LogP contribution < -0.4 is 0 Å². The van der Waals surface area contributed by atoms with Crippen molar-refractivity contribution in [2.24, 2.45) is 5.92 Å². The maximum atomic E-state index is 11.1. The van der Waals surface area contributed by atoms with E-state index in [9.17, 15) is 4.79 Å². The molecule has 0 saturated heterocycles. The largest absolute Gasteiger partial charge is 0.478 e. The number of rotatable bonds is 6. The van der Waals surface area contributed by atoms with Crippen molar-refractivity contribution in [1.82, 2.24) is 9.55 Å². The highest BCUT2D eigenvalue weighted by atomic mass is 16.4. The molecule has 0 radical (unpaired) electrons. The second kappa shape index (κ2) is 6.26. The molecule has 0 bridgehead atoms. The maximum absolute atomic E-state index is 11.1. The van der Waals surface area contributed by atoms with Crippen molar-refractivity contribution in [1.29, 1.82) is 0 Å². The lowest BCUT2D eigenvalue weighted by Crippen LogP contribution is -2.13. The number of carbonyl (C=O) groups is 1. The summed E-state index contributed by atoms with van der Waals surface area (Å²) in [5, 5.41) is 18.1. The zero-order valence-electron chi connectivity index (χ0n) is 12.7. The second-order valence-corrected chi connectivity index (χ2v) is 5.86. The first-order valence-corrected chi connectivity index (χ1v) is 7.28. The molecule has 21 heavy (non-hydrogen) atoms. The maximum Gasteiger partial charge on any atom is 0.335 e. The fourth-order valence-corrected chi connectivity index (χ4v) is 2.54. The van der Waals surface area contributed by atoms with Gasteiger partial charge in [0.25, 0.3) is 0 Å². The van der Waals surface area contributed by atoms with E-state index >= 15 is 0 Å². The van der Waals surface area contributed by atoms with Crippen molar-refractivity contribution in [2.45, 2.75) is 39.7 Å². The van der Waals surface area contributed by atoms with Crippen LogP contribution in [0.3, 0.4) is 0 Å². The molecule has 1 aromatic carbocycles. The standard InChI is InChI=1S/C16H22N2O3/c1-10(2)15-17-13-8-12(16(20)21)4-5-14(13)18(15)9-11(3)6-7-19/h4-5,8,10-11,19H,6-7,9H2,1-3H3,(H,20,21). The van der Waals surface area contributed by atoms with Crippen LogP contribution in [0.2, 0.25) is 0 Å². The van der Waals surface area contributed by atoms with Crippen LogP contribution in [-0.4, -0.2) is 32.3 Å². The van der Waals surface area contributed by atoms with E-state index in [2.05, 4.69) is 30.3 Å². The number of aromatic carboxylic acids is 1. The molecule has 0 aliphatic rings. The van der Waals surface area contributed by atoms with Crippen molar-refractivity contribution in [3.05, 3.63) is 29.6 Å². The Hall–Kier alpha value is -1.88. The molecule has 0 spiro atoms. The van der Waals surface area contributed by atoms with Crippen LogP contribution in [0, 0.1) is 5.92 Å². The monoisotopic (exact) mass is 290 g/mol. The van der Waals surface area contributed by atoms with Gasteiger partial charge in [-0.25, -0.2) is 9.78 Å². The van der Waals surface area contributed by atoms with Gasteiger partial charge in [-0.3, -0.25) is 0 Å². The summed E-state index contributed by atoms with van der Waals surface area (Å²) >= 11 is 0. The lowest BCUT2D eigenvalue weighted by atomic mass is 10.1. The molecule has 1 aromatic heterocycles. The van der Waals surface area contributed by atoms with Crippen LogP contribution >= 0.6 is 0 Å². The van der Waals surface area contributed by atoms with Crippen molar-refractivity contribution in [3.8, 4) is 0 Å². The highest BCUT2D eigenvalue weighted by Gasteiger charge is 2.17. The average molecular weight is 290 g/mol. The zero-order chi connectivity index (χ0) is 15.6. The van der Waals surface area contributed by atoms with E-state index < -0.39 is 5.97 Å². The van der Waals surface area contributed by atoms with E-state index in [1.807, 2.05) is 6.07 Å². The molecule has 2 aromatic rings. The lowest BCUT2D eigenvalue weighted by Gasteiger charge is -2.16. The molecule has 0 aliphatic heterocycles. The predicted molar refractivity (Wildman–Crippen MR) is 81.6 cm³/mol. The minimum atomic E-state index is -0.939. The van der Waals surface area contributed by atoms with Crippen LogP contribution in [0.25, 0.3) is 11.0 Å². The summed E-state index contributed by atoms with van der Waals surface area (Å²) < 4.78 is 2.14. The molecule has 0 saturated carbocycles. The molecule has 2 N–H and O–H groups in total. The van der Waals surface area contributed by atoms with Gasteiger partial charge in [0.15, 0.2) is 0 Å². The number of aliphatic hydroxyl groups is 1. The highest BCUT2D eigenvalue weighted by molar-refractivity contribution is 5.92. The molecule has 5 heteroatoms. The van der Waals surface area contributed by atoms with Gasteiger partial charge >= 0.3 is 5.97 Å². The highest BCUT2D eigenvalue weighted by Crippen LogP contribution is 2.24. The Morgan fingerprint density at radius 2 is 2.05 bits per heavy atom. The number of hydrogen-bond acceptors (Lipinski definition) is 3. The quantitative estimate of drug-likeness (QED) is 0.857. The lowest BCUT2D eigenvalue weighted by molar-refractivity contribution is 0.0697. The van der Waals surface area contributed by atoms with Crippen molar-refractivity contribution >= 4 is 17.0 Å². The molecular weight excluding hydrogens is 268 g/mol. The molecule has 114 valence electrons. The summed E-state index contributed by atoms with van der Waals surface area (Å²) in [6.45, 7) is 7.20. The summed E-state index contributed by atoms with van der Waals surface area (Å²) in [4.78, 5) is 15.7. The third-order valence-electron chi connectivity index (χ3n) is 3.66. The van der Waals surface area contributed by atoms with Gasteiger partial charge in [-0.2, -0.15) is 0 Å². The van der Waals surface area contributed by atoms with E-state index in [0.717, 1.165) is 29.8 Å². The van der Waals surface area contributed by atoms with Crippen LogP contribution in [0.5, 0.6) is 0 Å². The van der Waals surface area contributed by atoms with Gasteiger partial charge in [0, 0.05) is 19.1 Å². The number of carboxylic acids is 1. The van der Waals surface area contributed by atoms with Gasteiger partial charge < -0.3 is 14.8 Å². The zero-order valence-corrected chi connectivity index (χ0v) is 12.7. The molecule has 5 nitrogen and oxygen atoms in total. The Morgan fingerprint density at radius 1 is 1.33 bits per heavy atom. The molecule has 0 fully saturated rings. The van der Waals surface area contributed by atoms with Crippen molar-refractivity contribution in [3.63, 3.8) is 0 Å². The van der Waals surface area contributed by atoms with E-state index in [1.54, 1.807) is 12.1 Å². The third kappa shape index (κ3) is 3.24. The number of carboxylic acid groups (broad SMARTS) is 1. The Bertz CT molecular complexity index is 646. The number of hydrogen-bond donors (Lipinski definition) is 2. The summed E-state index contributed by atoms with van der Waals surface area (Å²) in [6, 6.07) is 5.06. The number of imidazole rings is 1. The van der Waals surface area contributed by atoms with E-state index in [-0.39, 0.29) is 18.1 Å². The molecule has 2 rings (SSSR count). The minimum Gasteiger partial charge on any atom is -0.478 e. The van der Waals surface area contributed by atoms with Gasteiger partial charge in [0.2, 0.25) is 0 Å².